The van der Waals surface area contributed by atoms with Crippen molar-refractivity contribution in [1.82, 2.24) is 19.6 Å². The number of piperazine rings is 1. The van der Waals surface area contributed by atoms with E-state index in [0.717, 1.165) is 54.2 Å². The summed E-state index contributed by atoms with van der Waals surface area (Å²) in [5.74, 6) is 0.759. The number of hydrogen-bond donors (Lipinski definition) is 1. The van der Waals surface area contributed by atoms with Gasteiger partial charge in [-0.1, -0.05) is 59.6 Å². The van der Waals surface area contributed by atoms with Crippen molar-refractivity contribution < 1.29 is 0 Å². The van der Waals surface area contributed by atoms with E-state index in [1.54, 1.807) is 0 Å². The Kier molecular flexibility index (Phi) is 6.67. The van der Waals surface area contributed by atoms with Crippen molar-refractivity contribution in [2.75, 3.05) is 31.5 Å². The van der Waals surface area contributed by atoms with Crippen molar-refractivity contribution in [3.63, 3.8) is 0 Å². The molecular weight excluding hydrogens is 414 g/mol. The molecule has 5 nitrogen and oxygen atoms in total. The predicted molar refractivity (Wildman–Crippen MR) is 127 cm³/mol. The number of nitrogens with zero attached hydrogens (tertiary/aromatic N) is 4. The van der Waals surface area contributed by atoms with Gasteiger partial charge in [0.15, 0.2) is 10.9 Å². The summed E-state index contributed by atoms with van der Waals surface area (Å²) in [7, 11) is 0. The van der Waals surface area contributed by atoms with Crippen molar-refractivity contribution in [2.24, 2.45) is 0 Å². The van der Waals surface area contributed by atoms with Crippen molar-refractivity contribution in [1.29, 1.82) is 0 Å². The zero-order chi connectivity index (χ0) is 20.9. The van der Waals surface area contributed by atoms with E-state index in [9.17, 15) is 0 Å². The number of anilines is 1. The molecular formula is C23H26ClN5S. The molecule has 1 aliphatic heterocycles. The van der Waals surface area contributed by atoms with Crippen LogP contribution in [0.1, 0.15) is 16.7 Å². The van der Waals surface area contributed by atoms with E-state index in [1.807, 2.05) is 41.2 Å². The monoisotopic (exact) mass is 439 g/mol. The van der Waals surface area contributed by atoms with Crippen molar-refractivity contribution in [3.05, 3.63) is 82.5 Å². The molecule has 7 heteroatoms. The maximum absolute atomic E-state index is 6.25. The minimum Gasteiger partial charge on any atom is -0.346 e. The van der Waals surface area contributed by atoms with Crippen LogP contribution in [0.5, 0.6) is 0 Å². The van der Waals surface area contributed by atoms with Gasteiger partial charge in [-0.05, 0) is 36.3 Å². The van der Waals surface area contributed by atoms with Crippen LogP contribution in [0.4, 0.5) is 5.82 Å². The molecule has 0 bridgehead atoms. The van der Waals surface area contributed by atoms with Gasteiger partial charge in [0.2, 0.25) is 0 Å². The van der Waals surface area contributed by atoms with Crippen molar-refractivity contribution >= 4 is 34.7 Å². The molecule has 2 heterocycles. The Hall–Kier alpha value is -2.41. The number of halogens is 1. The number of rotatable bonds is 5. The molecule has 30 heavy (non-hydrogen) atoms. The quantitative estimate of drug-likeness (QED) is 0.596. The second-order valence-electron chi connectivity index (χ2n) is 7.67. The fourth-order valence-electron chi connectivity index (χ4n) is 3.68. The number of hydrogen-bond acceptors (Lipinski definition) is 3. The average molecular weight is 440 g/mol. The first kappa shape index (κ1) is 20.8. The largest absolute Gasteiger partial charge is 0.346 e. The predicted octanol–water partition coefficient (Wildman–Crippen LogP) is 4.41. The van der Waals surface area contributed by atoms with Gasteiger partial charge >= 0.3 is 0 Å². The van der Waals surface area contributed by atoms with E-state index in [4.69, 9.17) is 23.8 Å². The van der Waals surface area contributed by atoms with E-state index in [0.29, 0.717) is 6.54 Å². The zero-order valence-corrected chi connectivity index (χ0v) is 18.7. The Labute approximate surface area is 188 Å². The van der Waals surface area contributed by atoms with E-state index >= 15 is 0 Å². The fraction of sp³-hybridized carbons (Fsp3) is 0.304. The topological polar surface area (TPSA) is 36.3 Å². The van der Waals surface area contributed by atoms with Crippen LogP contribution in [-0.2, 0) is 13.1 Å². The number of nitrogens with one attached hydrogen (secondary N) is 1. The molecule has 0 atom stereocenters. The molecule has 156 valence electrons. The standard InChI is InChI=1S/C23H26ClN5S/c1-18-5-4-6-19(15-18)16-27-11-13-28(14-12-27)23(30)25-22-9-10-29(26-22)17-20-7-2-3-8-21(20)24/h2-10,15H,11-14,16-17H2,1H3,(H,25,26,30). The van der Waals surface area contributed by atoms with E-state index in [1.165, 1.54) is 11.1 Å². The van der Waals surface area contributed by atoms with Gasteiger partial charge in [-0.25, -0.2) is 0 Å². The van der Waals surface area contributed by atoms with Gasteiger partial charge in [0.1, 0.15) is 0 Å². The first-order valence-electron chi connectivity index (χ1n) is 10.2. The summed E-state index contributed by atoms with van der Waals surface area (Å²) in [5, 5.41) is 9.34. The summed E-state index contributed by atoms with van der Waals surface area (Å²) >= 11 is 11.9. The van der Waals surface area contributed by atoms with E-state index in [2.05, 4.69) is 51.4 Å². The molecule has 4 rings (SSSR count). The molecule has 2 aromatic carbocycles. The van der Waals surface area contributed by atoms with Gasteiger partial charge in [0, 0.05) is 50.0 Å². The molecule has 1 aliphatic rings. The van der Waals surface area contributed by atoms with Crippen LogP contribution in [0.2, 0.25) is 5.02 Å². The normalized spacial score (nSPS) is 14.7. The number of benzene rings is 2. The highest BCUT2D eigenvalue weighted by Gasteiger charge is 2.19. The molecule has 1 aromatic heterocycles. The Balaban J connectivity index is 1.27. The van der Waals surface area contributed by atoms with Crippen LogP contribution in [0.3, 0.4) is 0 Å². The van der Waals surface area contributed by atoms with Gasteiger partial charge in [-0.3, -0.25) is 9.58 Å². The summed E-state index contributed by atoms with van der Waals surface area (Å²) < 4.78 is 1.87. The lowest BCUT2D eigenvalue weighted by Gasteiger charge is -2.36. The first-order valence-corrected chi connectivity index (χ1v) is 11.0. The highest BCUT2D eigenvalue weighted by atomic mass is 35.5. The van der Waals surface area contributed by atoms with Gasteiger partial charge in [-0.15, -0.1) is 0 Å². The summed E-state index contributed by atoms with van der Waals surface area (Å²) in [5.41, 5.74) is 3.72. The van der Waals surface area contributed by atoms with Crippen molar-refractivity contribution in [2.45, 2.75) is 20.0 Å². The maximum Gasteiger partial charge on any atom is 0.174 e. The zero-order valence-electron chi connectivity index (χ0n) is 17.1. The maximum atomic E-state index is 6.25. The molecule has 0 saturated carbocycles. The molecule has 0 radical (unpaired) electrons. The molecule has 0 unspecified atom stereocenters. The van der Waals surface area contributed by atoms with Crippen LogP contribution in [0.15, 0.2) is 60.8 Å². The van der Waals surface area contributed by atoms with Crippen molar-refractivity contribution in [3.8, 4) is 0 Å². The van der Waals surface area contributed by atoms with Crippen LogP contribution >= 0.6 is 23.8 Å². The molecule has 1 saturated heterocycles. The molecule has 1 N–H and O–H groups in total. The van der Waals surface area contributed by atoms with E-state index in [-0.39, 0.29) is 0 Å². The third-order valence-electron chi connectivity index (χ3n) is 5.31. The highest BCUT2D eigenvalue weighted by Crippen LogP contribution is 2.17. The second kappa shape index (κ2) is 9.60. The number of aryl methyl sites for hydroxylation is 1. The fourth-order valence-corrected chi connectivity index (χ4v) is 4.17. The van der Waals surface area contributed by atoms with Gasteiger partial charge in [-0.2, -0.15) is 5.10 Å². The summed E-state index contributed by atoms with van der Waals surface area (Å²) in [4.78, 5) is 4.70. The molecule has 0 amide bonds. The van der Waals surface area contributed by atoms with Gasteiger partial charge < -0.3 is 10.2 Å². The lowest BCUT2D eigenvalue weighted by Crippen LogP contribution is -2.49. The second-order valence-corrected chi connectivity index (χ2v) is 8.47. The van der Waals surface area contributed by atoms with Crippen LogP contribution in [-0.4, -0.2) is 50.9 Å². The average Bonchev–Trinajstić information content (AvgIpc) is 3.17. The van der Waals surface area contributed by atoms with E-state index < -0.39 is 0 Å². The minimum absolute atomic E-state index is 0.631. The van der Waals surface area contributed by atoms with Gasteiger partial charge in [0.25, 0.3) is 0 Å². The lowest BCUT2D eigenvalue weighted by atomic mass is 10.1. The summed E-state index contributed by atoms with van der Waals surface area (Å²) in [6.07, 6.45) is 1.94. The minimum atomic E-state index is 0.631. The molecule has 0 aliphatic carbocycles. The summed E-state index contributed by atoms with van der Waals surface area (Å²) in [6.45, 7) is 7.58. The third kappa shape index (κ3) is 5.39. The van der Waals surface area contributed by atoms with Gasteiger partial charge in [0.05, 0.1) is 6.54 Å². The Bertz CT molecular complexity index is 1010. The smallest absolute Gasteiger partial charge is 0.174 e. The Morgan fingerprint density at radius 1 is 1.03 bits per heavy atom. The highest BCUT2D eigenvalue weighted by molar-refractivity contribution is 7.80. The number of aromatic nitrogens is 2. The molecule has 3 aromatic rings. The Morgan fingerprint density at radius 3 is 2.60 bits per heavy atom. The molecule has 1 fully saturated rings. The SMILES string of the molecule is Cc1cccc(CN2CCN(C(=S)Nc3ccn(Cc4ccccc4Cl)n3)CC2)c1. The molecule has 0 spiro atoms. The lowest BCUT2D eigenvalue weighted by molar-refractivity contribution is 0.177. The van der Waals surface area contributed by atoms with Crippen LogP contribution < -0.4 is 5.32 Å². The Morgan fingerprint density at radius 2 is 1.83 bits per heavy atom. The number of thiocarbonyl (C=S) groups is 1. The third-order valence-corrected chi connectivity index (χ3v) is 6.04. The van der Waals surface area contributed by atoms with Crippen LogP contribution in [0.25, 0.3) is 0 Å². The summed E-state index contributed by atoms with van der Waals surface area (Å²) in [6, 6.07) is 18.5. The first-order chi connectivity index (χ1) is 14.6. The van der Waals surface area contributed by atoms with Crippen LogP contribution in [0, 0.1) is 6.92 Å².